The average Bonchev–Trinajstić information content (AvgIpc) is 3.71. The summed E-state index contributed by atoms with van der Waals surface area (Å²) in [6.07, 6.45) is 8.14. The number of hydrogen-bond acceptors (Lipinski definition) is 10. The topological polar surface area (TPSA) is 151 Å². The third-order valence-electron chi connectivity index (χ3n) is 12.8. The van der Waals surface area contributed by atoms with Crippen LogP contribution in [0.5, 0.6) is 0 Å². The fourth-order valence-electron chi connectivity index (χ4n) is 10.5. The van der Waals surface area contributed by atoms with E-state index >= 15 is 0 Å². The number of fused-ring (bicyclic) bond motifs is 5. The van der Waals surface area contributed by atoms with Crippen molar-refractivity contribution in [3.8, 4) is 0 Å². The van der Waals surface area contributed by atoms with Crippen LogP contribution in [0.1, 0.15) is 83.8 Å². The highest BCUT2D eigenvalue weighted by atomic mass is 16.7. The molecule has 1 aromatic rings. The first-order valence-electron chi connectivity index (χ1n) is 16.5. The number of carbonyl (C=O) groups is 1. The largest absolute Gasteiger partial charge is 0.467 e. The lowest BCUT2D eigenvalue weighted by molar-refractivity contribution is -0.282. The van der Waals surface area contributed by atoms with Crippen LogP contribution in [-0.4, -0.2) is 81.1 Å². The standard InChI is InChI=1S/C34H47NO9/c1-20-30(38)27(36)15-29(43-20)44-22-5-10-32(19-35-17-23-4-3-13-41-23)25-6-9-31(2)24(21-14-28(37)42-18-21)8-12-34(31,40)26(25)7-11-33(32,39)16-22/h3-4,13-14,19-20,22,24-27,29-30,36,38-40H,5-12,15-18H2,1-2H3/t20-,22-,24+,25-,26+,27+,29+,30+,31+,32-,33-,34-/m0/s1. The van der Waals surface area contributed by atoms with E-state index in [1.807, 2.05) is 18.3 Å². The molecule has 4 aliphatic carbocycles. The number of nitrogens with zero attached hydrogens (tertiary/aromatic N) is 1. The quantitative estimate of drug-likeness (QED) is 0.215. The molecule has 3 heterocycles. The Morgan fingerprint density at radius 2 is 1.91 bits per heavy atom. The molecule has 1 aromatic heterocycles. The van der Waals surface area contributed by atoms with Gasteiger partial charge in [0.05, 0.1) is 42.3 Å². The molecule has 10 heteroatoms. The van der Waals surface area contributed by atoms with Crippen LogP contribution in [0.2, 0.25) is 0 Å². The first kappa shape index (κ1) is 30.6. The number of cyclic esters (lactones) is 1. The van der Waals surface area contributed by atoms with Gasteiger partial charge in [-0.3, -0.25) is 4.99 Å². The van der Waals surface area contributed by atoms with Crippen molar-refractivity contribution >= 4 is 12.2 Å². The van der Waals surface area contributed by atoms with Crippen molar-refractivity contribution in [2.45, 2.75) is 127 Å². The van der Waals surface area contributed by atoms with Crippen molar-refractivity contribution in [3.63, 3.8) is 0 Å². The maximum atomic E-state index is 12.7. The first-order valence-corrected chi connectivity index (χ1v) is 16.5. The van der Waals surface area contributed by atoms with Crippen LogP contribution < -0.4 is 0 Å². The minimum atomic E-state index is -1.10. The molecule has 4 N–H and O–H groups in total. The second-order valence-corrected chi connectivity index (χ2v) is 14.7. The van der Waals surface area contributed by atoms with Gasteiger partial charge in [0.2, 0.25) is 0 Å². The number of ether oxygens (including phenoxy) is 3. The molecule has 0 spiro atoms. The molecule has 0 aromatic carbocycles. The third-order valence-corrected chi connectivity index (χ3v) is 12.8. The molecule has 242 valence electrons. The first-order chi connectivity index (χ1) is 21.0. The second-order valence-electron chi connectivity index (χ2n) is 14.7. The Morgan fingerprint density at radius 3 is 2.64 bits per heavy atom. The van der Waals surface area contributed by atoms with Gasteiger partial charge in [0, 0.05) is 36.0 Å². The molecule has 1 saturated heterocycles. The molecule has 6 aliphatic rings. The van der Waals surface area contributed by atoms with Crippen LogP contribution in [0.3, 0.4) is 0 Å². The Morgan fingerprint density at radius 1 is 1.09 bits per heavy atom. The molecular formula is C34H47NO9. The molecule has 0 unspecified atom stereocenters. The summed E-state index contributed by atoms with van der Waals surface area (Å²) in [5.41, 5.74) is -2.05. The van der Waals surface area contributed by atoms with Crippen molar-refractivity contribution in [1.29, 1.82) is 0 Å². The number of aliphatic imine (C=N–C) groups is 1. The van der Waals surface area contributed by atoms with E-state index in [2.05, 4.69) is 6.92 Å². The van der Waals surface area contributed by atoms with Crippen LogP contribution in [0.15, 0.2) is 39.5 Å². The number of furan rings is 1. The monoisotopic (exact) mass is 613 g/mol. The summed E-state index contributed by atoms with van der Waals surface area (Å²) >= 11 is 0. The van der Waals surface area contributed by atoms with Gasteiger partial charge in [-0.25, -0.2) is 4.79 Å². The highest BCUT2D eigenvalue weighted by Gasteiger charge is 2.71. The molecule has 5 fully saturated rings. The summed E-state index contributed by atoms with van der Waals surface area (Å²) in [4.78, 5) is 16.8. The van der Waals surface area contributed by atoms with Crippen LogP contribution in [0.25, 0.3) is 0 Å². The summed E-state index contributed by atoms with van der Waals surface area (Å²) in [6, 6.07) is 3.74. The van der Waals surface area contributed by atoms with Gasteiger partial charge < -0.3 is 39.1 Å². The lowest BCUT2D eigenvalue weighted by Crippen LogP contribution is -2.69. The van der Waals surface area contributed by atoms with Crippen LogP contribution >= 0.6 is 0 Å². The molecule has 7 rings (SSSR count). The Bertz CT molecular complexity index is 1290. The molecule has 0 radical (unpaired) electrons. The maximum absolute atomic E-state index is 12.7. The number of hydrogen-bond donors (Lipinski definition) is 4. The van der Waals surface area contributed by atoms with Gasteiger partial charge >= 0.3 is 5.97 Å². The lowest BCUT2D eigenvalue weighted by atomic mass is 9.41. The SMILES string of the molecule is C[C@@H]1O[C@H](O[C@H]2CC[C@]3(C=NCc4ccco4)[C@H]4CC[C@]5(C)[C@@H](C6=CC(=O)OC6)CC[C@]5(O)[C@@H]4CC[C@]3(O)C2)C[C@@H](O)[C@@H]1O. The number of aliphatic hydroxyl groups excluding tert-OH is 2. The average molecular weight is 614 g/mol. The summed E-state index contributed by atoms with van der Waals surface area (Å²) in [5.74, 6) is 0.569. The van der Waals surface area contributed by atoms with Crippen molar-refractivity contribution in [2.75, 3.05) is 6.61 Å². The van der Waals surface area contributed by atoms with Gasteiger partial charge in [-0.15, -0.1) is 0 Å². The normalized spacial score (nSPS) is 48.9. The number of esters is 1. The summed E-state index contributed by atoms with van der Waals surface area (Å²) in [6.45, 7) is 4.61. The van der Waals surface area contributed by atoms with E-state index in [0.29, 0.717) is 51.7 Å². The minimum absolute atomic E-state index is 0.0168. The van der Waals surface area contributed by atoms with Crippen LogP contribution in [0, 0.1) is 28.6 Å². The Kier molecular flexibility index (Phi) is 7.66. The molecule has 44 heavy (non-hydrogen) atoms. The molecular weight excluding hydrogens is 566 g/mol. The zero-order chi connectivity index (χ0) is 30.9. The van der Waals surface area contributed by atoms with E-state index < -0.39 is 41.2 Å². The van der Waals surface area contributed by atoms with Gasteiger partial charge in [-0.2, -0.15) is 0 Å². The lowest BCUT2D eigenvalue weighted by Gasteiger charge is -2.66. The predicted molar refractivity (Wildman–Crippen MR) is 158 cm³/mol. The van der Waals surface area contributed by atoms with E-state index in [-0.39, 0.29) is 41.7 Å². The Balaban J connectivity index is 1.17. The fraction of sp³-hybridized carbons (Fsp3) is 0.765. The molecule has 2 aliphatic heterocycles. The number of rotatable bonds is 6. The van der Waals surface area contributed by atoms with Crippen molar-refractivity contribution in [2.24, 2.45) is 33.6 Å². The highest BCUT2D eigenvalue weighted by molar-refractivity contribution is 5.85. The van der Waals surface area contributed by atoms with Crippen molar-refractivity contribution < 1.29 is 43.8 Å². The minimum Gasteiger partial charge on any atom is -0.467 e. The molecule has 0 bridgehead atoms. The zero-order valence-corrected chi connectivity index (χ0v) is 25.8. The highest BCUT2D eigenvalue weighted by Crippen LogP contribution is 2.70. The Labute approximate surface area is 258 Å². The van der Waals surface area contributed by atoms with E-state index in [9.17, 15) is 25.2 Å². The molecule has 10 nitrogen and oxygen atoms in total. The van der Waals surface area contributed by atoms with Crippen molar-refractivity contribution in [1.82, 2.24) is 0 Å². The number of aliphatic hydroxyl groups is 4. The van der Waals surface area contributed by atoms with E-state index in [1.54, 1.807) is 19.3 Å². The maximum Gasteiger partial charge on any atom is 0.331 e. The smallest absolute Gasteiger partial charge is 0.331 e. The number of carbonyl (C=O) groups excluding carboxylic acids is 1. The molecule has 0 amide bonds. The summed E-state index contributed by atoms with van der Waals surface area (Å²) < 4.78 is 23.0. The van der Waals surface area contributed by atoms with Gasteiger partial charge in [-0.1, -0.05) is 6.92 Å². The summed E-state index contributed by atoms with van der Waals surface area (Å²) in [7, 11) is 0. The van der Waals surface area contributed by atoms with E-state index in [1.165, 1.54) is 0 Å². The predicted octanol–water partition coefficient (Wildman–Crippen LogP) is 3.44. The van der Waals surface area contributed by atoms with Gasteiger partial charge in [0.1, 0.15) is 18.5 Å². The Hall–Kier alpha value is -2.08. The van der Waals surface area contributed by atoms with E-state index in [4.69, 9.17) is 23.6 Å². The fourth-order valence-corrected chi connectivity index (χ4v) is 10.5. The van der Waals surface area contributed by atoms with Gasteiger partial charge in [-0.05, 0) is 93.7 Å². The van der Waals surface area contributed by atoms with Crippen LogP contribution in [0.4, 0.5) is 0 Å². The third kappa shape index (κ3) is 4.66. The summed E-state index contributed by atoms with van der Waals surface area (Å²) in [5, 5.41) is 45.8. The van der Waals surface area contributed by atoms with Gasteiger partial charge in [0.15, 0.2) is 6.29 Å². The molecule has 4 saturated carbocycles. The van der Waals surface area contributed by atoms with E-state index in [0.717, 1.165) is 30.6 Å². The second kappa shape index (κ2) is 11.0. The molecule has 12 atom stereocenters. The van der Waals surface area contributed by atoms with Crippen molar-refractivity contribution in [3.05, 3.63) is 35.8 Å². The van der Waals surface area contributed by atoms with Crippen LogP contribution in [-0.2, 0) is 25.5 Å². The zero-order valence-electron chi connectivity index (χ0n) is 25.8. The van der Waals surface area contributed by atoms with Gasteiger partial charge in [0.25, 0.3) is 0 Å².